The van der Waals surface area contributed by atoms with Crippen molar-refractivity contribution in [1.29, 1.82) is 0 Å². The minimum absolute atomic E-state index is 0.376. The Morgan fingerprint density at radius 1 is 0.906 bits per heavy atom. The largest absolute Gasteiger partial charge is 0.496 e. The number of rotatable bonds is 8. The Morgan fingerprint density at radius 2 is 1.59 bits per heavy atom. The molecule has 0 aliphatic rings. The van der Waals surface area contributed by atoms with E-state index >= 15 is 0 Å². The van der Waals surface area contributed by atoms with Crippen LogP contribution in [0.25, 0.3) is 11.4 Å². The van der Waals surface area contributed by atoms with Gasteiger partial charge in [0.15, 0.2) is 5.82 Å². The molecule has 0 amide bonds. The fraction of sp³-hybridized carbons (Fsp3) is 0.174. The number of pyridine rings is 1. The predicted molar refractivity (Wildman–Crippen MR) is 123 cm³/mol. The van der Waals surface area contributed by atoms with Crippen molar-refractivity contribution in [2.24, 2.45) is 0 Å². The van der Waals surface area contributed by atoms with Gasteiger partial charge in [-0.25, -0.2) is 4.98 Å². The molecule has 2 aromatic carbocycles. The first-order chi connectivity index (χ1) is 15.6. The lowest BCUT2D eigenvalue weighted by Crippen LogP contribution is -2.08. The number of anilines is 3. The second kappa shape index (κ2) is 9.25. The Kier molecular flexibility index (Phi) is 6.07. The zero-order chi connectivity index (χ0) is 22.5. The number of hydrogen-bond donors (Lipinski definition) is 2. The molecule has 2 heterocycles. The van der Waals surface area contributed by atoms with Gasteiger partial charge in [0.25, 0.3) is 0 Å². The molecule has 4 rings (SSSR count). The summed E-state index contributed by atoms with van der Waals surface area (Å²) >= 11 is 0. The van der Waals surface area contributed by atoms with Gasteiger partial charge in [-0.1, -0.05) is 0 Å². The average Bonchev–Trinajstić information content (AvgIpc) is 3.27. The predicted octanol–water partition coefficient (Wildman–Crippen LogP) is 4.49. The SMILES string of the molecule is COc1cc(OC)cc(Oc2ncccc2-c2nc(Nc3ccc(N(C)C)cc3)n[nH]2)c1. The summed E-state index contributed by atoms with van der Waals surface area (Å²) in [5.41, 5.74) is 2.66. The summed E-state index contributed by atoms with van der Waals surface area (Å²) in [6.07, 6.45) is 1.65. The van der Waals surface area contributed by atoms with Crippen molar-refractivity contribution in [3.8, 4) is 34.5 Å². The molecule has 2 N–H and O–H groups in total. The van der Waals surface area contributed by atoms with Crippen LogP contribution in [0.5, 0.6) is 23.1 Å². The fourth-order valence-corrected chi connectivity index (χ4v) is 3.01. The summed E-state index contributed by atoms with van der Waals surface area (Å²) in [4.78, 5) is 10.9. The van der Waals surface area contributed by atoms with Crippen LogP contribution in [-0.2, 0) is 0 Å². The Labute approximate surface area is 186 Å². The minimum atomic E-state index is 0.376. The maximum atomic E-state index is 6.03. The molecule has 0 aliphatic carbocycles. The molecule has 0 spiro atoms. The summed E-state index contributed by atoms with van der Waals surface area (Å²) in [5.74, 6) is 3.10. The molecule has 0 aliphatic heterocycles. The quantitative estimate of drug-likeness (QED) is 0.420. The molecule has 9 nitrogen and oxygen atoms in total. The Morgan fingerprint density at radius 3 is 2.25 bits per heavy atom. The third-order valence-electron chi connectivity index (χ3n) is 4.69. The molecule has 0 radical (unpaired) electrons. The topological polar surface area (TPSA) is 97.4 Å². The van der Waals surface area contributed by atoms with Gasteiger partial charge in [-0.2, -0.15) is 4.98 Å². The van der Waals surface area contributed by atoms with Crippen LogP contribution in [0.3, 0.4) is 0 Å². The van der Waals surface area contributed by atoms with E-state index in [1.807, 2.05) is 55.4 Å². The van der Waals surface area contributed by atoms with Crippen molar-refractivity contribution in [3.05, 3.63) is 60.8 Å². The monoisotopic (exact) mass is 432 g/mol. The average molecular weight is 432 g/mol. The summed E-state index contributed by atoms with van der Waals surface area (Å²) in [5, 5.41) is 10.4. The first-order valence-corrected chi connectivity index (χ1v) is 9.89. The van der Waals surface area contributed by atoms with Crippen molar-refractivity contribution < 1.29 is 14.2 Å². The van der Waals surface area contributed by atoms with E-state index in [0.29, 0.717) is 40.5 Å². The van der Waals surface area contributed by atoms with E-state index in [9.17, 15) is 0 Å². The fourth-order valence-electron chi connectivity index (χ4n) is 3.01. The number of aromatic amines is 1. The molecule has 32 heavy (non-hydrogen) atoms. The van der Waals surface area contributed by atoms with Crippen molar-refractivity contribution in [2.75, 3.05) is 38.5 Å². The molecule has 0 bridgehead atoms. The van der Waals surface area contributed by atoms with Crippen LogP contribution >= 0.6 is 0 Å². The zero-order valence-corrected chi connectivity index (χ0v) is 18.3. The lowest BCUT2D eigenvalue weighted by Gasteiger charge is -2.12. The van der Waals surface area contributed by atoms with Gasteiger partial charge < -0.3 is 24.4 Å². The van der Waals surface area contributed by atoms with Crippen LogP contribution in [0.1, 0.15) is 0 Å². The zero-order valence-electron chi connectivity index (χ0n) is 18.3. The lowest BCUT2D eigenvalue weighted by atomic mass is 10.2. The molecule has 9 heteroatoms. The van der Waals surface area contributed by atoms with Gasteiger partial charge in [-0.05, 0) is 36.4 Å². The highest BCUT2D eigenvalue weighted by Gasteiger charge is 2.14. The maximum Gasteiger partial charge on any atom is 0.246 e. The number of hydrogen-bond acceptors (Lipinski definition) is 8. The van der Waals surface area contributed by atoms with Gasteiger partial charge >= 0.3 is 0 Å². The molecule has 0 unspecified atom stereocenters. The van der Waals surface area contributed by atoms with Crippen molar-refractivity contribution in [3.63, 3.8) is 0 Å². The van der Waals surface area contributed by atoms with E-state index in [1.165, 1.54) is 0 Å². The van der Waals surface area contributed by atoms with Gasteiger partial charge in [0.1, 0.15) is 17.2 Å². The van der Waals surface area contributed by atoms with E-state index in [2.05, 4.69) is 25.5 Å². The van der Waals surface area contributed by atoms with Crippen LogP contribution in [0, 0.1) is 0 Å². The third kappa shape index (κ3) is 4.72. The number of nitrogens with one attached hydrogen (secondary N) is 2. The highest BCUT2D eigenvalue weighted by atomic mass is 16.5. The van der Waals surface area contributed by atoms with Gasteiger partial charge in [0, 0.05) is 49.9 Å². The van der Waals surface area contributed by atoms with E-state index in [4.69, 9.17) is 14.2 Å². The second-order valence-corrected chi connectivity index (χ2v) is 7.08. The third-order valence-corrected chi connectivity index (χ3v) is 4.69. The first-order valence-electron chi connectivity index (χ1n) is 9.89. The van der Waals surface area contributed by atoms with Crippen molar-refractivity contribution in [1.82, 2.24) is 20.2 Å². The highest BCUT2D eigenvalue weighted by Crippen LogP contribution is 2.34. The highest BCUT2D eigenvalue weighted by molar-refractivity contribution is 5.65. The number of aromatic nitrogens is 4. The number of nitrogens with zero attached hydrogens (tertiary/aromatic N) is 4. The van der Waals surface area contributed by atoms with E-state index in [1.54, 1.807) is 38.6 Å². The van der Waals surface area contributed by atoms with E-state index in [-0.39, 0.29) is 0 Å². The molecule has 0 saturated heterocycles. The standard InChI is InChI=1S/C23H24N6O3/c1-29(2)16-9-7-15(8-10-16)25-23-26-21(27-28-23)20-6-5-11-24-22(20)32-19-13-17(30-3)12-18(14-19)31-4/h5-14H,1-4H3,(H2,25,26,27,28). The number of benzene rings is 2. The van der Waals surface area contributed by atoms with Gasteiger partial charge in [0.05, 0.1) is 19.8 Å². The second-order valence-electron chi connectivity index (χ2n) is 7.08. The number of H-pyrrole nitrogens is 1. The lowest BCUT2D eigenvalue weighted by molar-refractivity contribution is 0.385. The van der Waals surface area contributed by atoms with Crippen LogP contribution < -0.4 is 24.4 Å². The summed E-state index contributed by atoms with van der Waals surface area (Å²) in [6.45, 7) is 0. The molecule has 0 atom stereocenters. The summed E-state index contributed by atoms with van der Waals surface area (Å²) in [6, 6.07) is 16.9. The molecule has 164 valence electrons. The number of ether oxygens (including phenoxy) is 3. The maximum absolute atomic E-state index is 6.03. The van der Waals surface area contributed by atoms with Crippen molar-refractivity contribution in [2.45, 2.75) is 0 Å². The van der Waals surface area contributed by atoms with Crippen LogP contribution in [-0.4, -0.2) is 48.5 Å². The summed E-state index contributed by atoms with van der Waals surface area (Å²) < 4.78 is 16.6. The number of methoxy groups -OCH3 is 2. The Balaban J connectivity index is 1.56. The molecule has 2 aromatic heterocycles. The summed E-state index contributed by atoms with van der Waals surface area (Å²) in [7, 11) is 7.17. The van der Waals surface area contributed by atoms with Gasteiger partial charge in [-0.3, -0.25) is 5.10 Å². The Hall–Kier alpha value is -4.27. The van der Waals surface area contributed by atoms with E-state index in [0.717, 1.165) is 11.4 Å². The van der Waals surface area contributed by atoms with Gasteiger partial charge in [0.2, 0.25) is 11.8 Å². The molecular weight excluding hydrogens is 408 g/mol. The normalized spacial score (nSPS) is 10.5. The molecular formula is C23H24N6O3. The Bertz CT molecular complexity index is 1170. The van der Waals surface area contributed by atoms with Crippen LogP contribution in [0.2, 0.25) is 0 Å². The van der Waals surface area contributed by atoms with Crippen LogP contribution in [0.4, 0.5) is 17.3 Å². The van der Waals surface area contributed by atoms with Gasteiger partial charge in [-0.15, -0.1) is 5.10 Å². The van der Waals surface area contributed by atoms with Crippen molar-refractivity contribution >= 4 is 17.3 Å². The minimum Gasteiger partial charge on any atom is -0.496 e. The van der Waals surface area contributed by atoms with E-state index < -0.39 is 0 Å². The molecule has 4 aromatic rings. The first kappa shape index (κ1) is 21.0. The molecule has 0 fully saturated rings. The molecule has 0 saturated carbocycles. The van der Waals surface area contributed by atoms with Crippen LogP contribution in [0.15, 0.2) is 60.8 Å². The smallest absolute Gasteiger partial charge is 0.246 e.